The number of ether oxygens (including phenoxy) is 3. The van der Waals surface area contributed by atoms with Crippen molar-refractivity contribution in [2.24, 2.45) is 0 Å². The zero-order valence-corrected chi connectivity index (χ0v) is 19.5. The van der Waals surface area contributed by atoms with E-state index in [1.54, 1.807) is 39.5 Å². The molecule has 1 aliphatic rings. The molecule has 0 fully saturated rings. The molecule has 4 rings (SSSR count). The second-order valence-electron chi connectivity index (χ2n) is 7.63. The van der Waals surface area contributed by atoms with Crippen LogP contribution in [0.25, 0.3) is 16.6 Å². The summed E-state index contributed by atoms with van der Waals surface area (Å²) in [7, 11) is 6.30. The number of aromatic amines is 1. The predicted octanol–water partition coefficient (Wildman–Crippen LogP) is 1.69. The number of anilines is 1. The van der Waals surface area contributed by atoms with Crippen molar-refractivity contribution in [3.05, 3.63) is 54.1 Å². The maximum absolute atomic E-state index is 13.8. The van der Waals surface area contributed by atoms with Crippen LogP contribution in [-0.4, -0.2) is 69.2 Å². The lowest BCUT2D eigenvalue weighted by Gasteiger charge is -2.29. The van der Waals surface area contributed by atoms with Crippen LogP contribution in [0.1, 0.15) is 5.82 Å². The molecule has 0 saturated heterocycles. The lowest BCUT2D eigenvalue weighted by molar-refractivity contribution is -0.124. The van der Waals surface area contributed by atoms with E-state index >= 15 is 0 Å². The van der Waals surface area contributed by atoms with Gasteiger partial charge in [-0.3, -0.25) is 9.59 Å². The van der Waals surface area contributed by atoms with Gasteiger partial charge in [-0.15, -0.1) is 0 Å². The number of amides is 1. The number of imidazole rings is 1. The Kier molecular flexibility index (Phi) is 6.69. The fraction of sp³-hybridized carbons (Fsp3) is 0.292. The van der Waals surface area contributed by atoms with Gasteiger partial charge in [-0.2, -0.15) is 0 Å². The molecule has 1 amide bonds. The number of H-pyrrole nitrogens is 1. The number of rotatable bonds is 9. The topological polar surface area (TPSA) is 118 Å². The molecule has 1 aliphatic heterocycles. The lowest BCUT2D eigenvalue weighted by Crippen LogP contribution is -2.46. The number of fused-ring (bicyclic) bond motifs is 1. The average Bonchev–Trinajstić information content (AvgIpc) is 3.40. The van der Waals surface area contributed by atoms with Crippen molar-refractivity contribution in [3.63, 3.8) is 0 Å². The summed E-state index contributed by atoms with van der Waals surface area (Å²) in [6.07, 6.45) is 0. The van der Waals surface area contributed by atoms with Gasteiger partial charge in [-0.1, -0.05) is 12.1 Å². The van der Waals surface area contributed by atoms with E-state index in [0.717, 1.165) is 11.0 Å². The van der Waals surface area contributed by atoms with Gasteiger partial charge in [-0.05, 0) is 12.1 Å². The molecule has 34 heavy (non-hydrogen) atoms. The molecule has 2 aromatic carbocycles. The molecule has 10 heteroatoms. The van der Waals surface area contributed by atoms with Crippen LogP contribution in [0, 0.1) is 0 Å². The van der Waals surface area contributed by atoms with Gasteiger partial charge in [0.05, 0.1) is 30.9 Å². The average molecular weight is 466 g/mol. The van der Waals surface area contributed by atoms with E-state index in [1.165, 1.54) is 7.11 Å². The van der Waals surface area contributed by atoms with Crippen LogP contribution in [-0.2, 0) is 14.3 Å². The highest BCUT2D eigenvalue weighted by molar-refractivity contribution is 6.28. The summed E-state index contributed by atoms with van der Waals surface area (Å²) >= 11 is 0. The Bertz CT molecular complexity index is 1200. The number of hydrogen-bond donors (Lipinski definition) is 3. The van der Waals surface area contributed by atoms with E-state index in [0.29, 0.717) is 34.4 Å². The molecular formula is C24H27N5O5. The fourth-order valence-corrected chi connectivity index (χ4v) is 4.04. The van der Waals surface area contributed by atoms with Gasteiger partial charge in [0.25, 0.3) is 0 Å². The Morgan fingerprint density at radius 3 is 2.44 bits per heavy atom. The molecule has 0 radical (unpaired) electrons. The molecule has 2 heterocycles. The van der Waals surface area contributed by atoms with Crippen molar-refractivity contribution < 1.29 is 23.8 Å². The molecule has 3 aromatic rings. The first-order valence-corrected chi connectivity index (χ1v) is 10.7. The quantitative estimate of drug-likeness (QED) is 0.437. The SMILES string of the molecule is CNC1=C(c2nc3ccccc3[nH]2)C(=O)C(CNC(=O)COC)N1c1cc(OC)cc(OC)c1. The monoisotopic (exact) mass is 465 g/mol. The van der Waals surface area contributed by atoms with Crippen LogP contribution in [0.15, 0.2) is 48.3 Å². The standard InChI is InChI=1S/C24H27N5O5/c1-25-24-21(23-27-17-7-5-6-8-18(17)28-23)22(31)19(12-26-20(30)13-32-2)29(24)14-9-15(33-3)11-16(10-14)34-4/h5-11,19,25H,12-13H2,1-4H3,(H,26,30)(H,27,28). The second-order valence-corrected chi connectivity index (χ2v) is 7.63. The number of benzene rings is 2. The Morgan fingerprint density at radius 1 is 1.12 bits per heavy atom. The molecule has 0 aliphatic carbocycles. The van der Waals surface area contributed by atoms with Crippen LogP contribution >= 0.6 is 0 Å². The number of nitrogens with zero attached hydrogens (tertiary/aromatic N) is 2. The molecule has 1 atom stereocenters. The van der Waals surface area contributed by atoms with Gasteiger partial charge >= 0.3 is 0 Å². The highest BCUT2D eigenvalue weighted by Gasteiger charge is 2.42. The van der Waals surface area contributed by atoms with E-state index in [4.69, 9.17) is 14.2 Å². The molecular weight excluding hydrogens is 438 g/mol. The van der Waals surface area contributed by atoms with Gasteiger partial charge in [0.15, 0.2) is 5.78 Å². The zero-order valence-electron chi connectivity index (χ0n) is 19.5. The van der Waals surface area contributed by atoms with Crippen LogP contribution < -0.4 is 25.0 Å². The summed E-state index contributed by atoms with van der Waals surface area (Å²) in [5, 5.41) is 5.94. The third kappa shape index (κ3) is 4.27. The highest BCUT2D eigenvalue weighted by atomic mass is 16.5. The summed E-state index contributed by atoms with van der Waals surface area (Å²) in [4.78, 5) is 35.6. The van der Waals surface area contributed by atoms with E-state index in [9.17, 15) is 9.59 Å². The van der Waals surface area contributed by atoms with Crippen molar-refractivity contribution in [2.75, 3.05) is 46.4 Å². The molecule has 0 spiro atoms. The molecule has 1 aromatic heterocycles. The van der Waals surface area contributed by atoms with E-state index in [2.05, 4.69) is 20.6 Å². The summed E-state index contributed by atoms with van der Waals surface area (Å²) in [5.74, 6) is 1.62. The summed E-state index contributed by atoms with van der Waals surface area (Å²) in [5.41, 5.74) is 2.62. The van der Waals surface area contributed by atoms with E-state index in [1.807, 2.05) is 29.2 Å². The van der Waals surface area contributed by atoms with E-state index in [-0.39, 0.29) is 24.8 Å². The summed E-state index contributed by atoms with van der Waals surface area (Å²) in [6, 6.07) is 12.2. The number of para-hydroxylation sites is 2. The normalized spacial score (nSPS) is 15.7. The minimum Gasteiger partial charge on any atom is -0.497 e. The number of Topliss-reactive ketones (excluding diaryl/α,β-unsaturated/α-hetero) is 1. The largest absolute Gasteiger partial charge is 0.497 e. The lowest BCUT2D eigenvalue weighted by atomic mass is 10.1. The number of carbonyl (C=O) groups is 2. The van der Waals surface area contributed by atoms with Crippen LogP contribution in [0.3, 0.4) is 0 Å². The highest BCUT2D eigenvalue weighted by Crippen LogP contribution is 2.38. The maximum atomic E-state index is 13.8. The summed E-state index contributed by atoms with van der Waals surface area (Å²) in [6.45, 7) is -0.0356. The number of ketones is 1. The fourth-order valence-electron chi connectivity index (χ4n) is 4.04. The Balaban J connectivity index is 1.83. The van der Waals surface area contributed by atoms with Crippen LogP contribution in [0.5, 0.6) is 11.5 Å². The number of carbonyl (C=O) groups excluding carboxylic acids is 2. The van der Waals surface area contributed by atoms with Crippen molar-refractivity contribution in [1.29, 1.82) is 0 Å². The van der Waals surface area contributed by atoms with E-state index < -0.39 is 6.04 Å². The van der Waals surface area contributed by atoms with Crippen molar-refractivity contribution in [3.8, 4) is 11.5 Å². The Hall–Kier alpha value is -4.05. The van der Waals surface area contributed by atoms with Crippen molar-refractivity contribution >= 4 is 34.0 Å². The van der Waals surface area contributed by atoms with Gasteiger partial charge in [0.2, 0.25) is 5.91 Å². The molecule has 178 valence electrons. The van der Waals surface area contributed by atoms with Gasteiger partial charge in [0.1, 0.15) is 41.4 Å². The number of methoxy groups -OCH3 is 3. The van der Waals surface area contributed by atoms with Crippen molar-refractivity contribution in [1.82, 2.24) is 20.6 Å². The minimum absolute atomic E-state index is 0.0649. The first-order chi connectivity index (χ1) is 16.5. The first-order valence-electron chi connectivity index (χ1n) is 10.7. The van der Waals surface area contributed by atoms with Crippen molar-refractivity contribution in [2.45, 2.75) is 6.04 Å². The third-order valence-electron chi connectivity index (χ3n) is 5.58. The molecule has 1 unspecified atom stereocenters. The molecule has 10 nitrogen and oxygen atoms in total. The second kappa shape index (κ2) is 9.84. The minimum atomic E-state index is -0.733. The Labute approximate surface area is 196 Å². The number of nitrogens with one attached hydrogen (secondary N) is 3. The van der Waals surface area contributed by atoms with Gasteiger partial charge < -0.3 is 34.7 Å². The zero-order chi connectivity index (χ0) is 24.2. The Morgan fingerprint density at radius 2 is 1.82 bits per heavy atom. The number of aromatic nitrogens is 2. The molecule has 3 N–H and O–H groups in total. The molecule has 0 saturated carbocycles. The summed E-state index contributed by atoms with van der Waals surface area (Å²) < 4.78 is 15.8. The van der Waals surface area contributed by atoms with Crippen LogP contribution in [0.4, 0.5) is 5.69 Å². The smallest absolute Gasteiger partial charge is 0.246 e. The van der Waals surface area contributed by atoms with Crippen LogP contribution in [0.2, 0.25) is 0 Å². The third-order valence-corrected chi connectivity index (χ3v) is 5.58. The predicted molar refractivity (Wildman–Crippen MR) is 128 cm³/mol. The van der Waals surface area contributed by atoms with Gasteiger partial charge in [0, 0.05) is 38.9 Å². The molecule has 0 bridgehead atoms. The van der Waals surface area contributed by atoms with Gasteiger partial charge in [-0.25, -0.2) is 4.98 Å². The maximum Gasteiger partial charge on any atom is 0.246 e. The first kappa shape index (κ1) is 23.1. The number of hydrogen-bond acceptors (Lipinski definition) is 8.